The molecule has 1 heterocycles. The fraction of sp³-hybridized carbons (Fsp3) is 0.500. The van der Waals surface area contributed by atoms with Crippen molar-refractivity contribution in [3.63, 3.8) is 0 Å². The number of alkyl halides is 3. The van der Waals surface area contributed by atoms with Crippen molar-refractivity contribution >= 4 is 22.9 Å². The van der Waals surface area contributed by atoms with Gasteiger partial charge in [0.15, 0.2) is 0 Å². The molecule has 13 heavy (non-hydrogen) atoms. The van der Waals surface area contributed by atoms with E-state index in [-0.39, 0.29) is 5.01 Å². The lowest BCUT2D eigenvalue weighted by Gasteiger charge is -2.10. The molecule has 1 aromatic heterocycles. The van der Waals surface area contributed by atoms with Crippen molar-refractivity contribution in [2.45, 2.75) is 18.6 Å². The number of nitrogens with zero attached hydrogens (tertiary/aromatic N) is 1. The molecule has 0 aromatic carbocycles. The van der Waals surface area contributed by atoms with Gasteiger partial charge in [-0.15, -0.1) is 11.3 Å². The first-order valence-electron chi connectivity index (χ1n) is 3.32. The molecule has 1 atom stereocenters. The van der Waals surface area contributed by atoms with Crippen molar-refractivity contribution in [3.05, 3.63) is 15.5 Å². The molecule has 0 bridgehead atoms. The Morgan fingerprint density at radius 1 is 1.62 bits per heavy atom. The summed E-state index contributed by atoms with van der Waals surface area (Å²) < 4.78 is 35.9. The van der Waals surface area contributed by atoms with Crippen LogP contribution in [-0.4, -0.2) is 11.2 Å². The molecule has 0 amide bonds. The Balaban J connectivity index is 2.64. The summed E-state index contributed by atoms with van der Waals surface area (Å²) in [4.78, 5) is 3.66. The van der Waals surface area contributed by atoms with Crippen LogP contribution < -0.4 is 5.73 Å². The summed E-state index contributed by atoms with van der Waals surface area (Å²) >= 11 is 6.46. The van der Waals surface area contributed by atoms with Crippen LogP contribution in [0.25, 0.3) is 0 Å². The first-order valence-corrected chi connectivity index (χ1v) is 4.51. The summed E-state index contributed by atoms with van der Waals surface area (Å²) in [5.41, 5.74) is 5.26. The van der Waals surface area contributed by atoms with E-state index >= 15 is 0 Å². The Bertz CT molecular complexity index is 286. The quantitative estimate of drug-likeness (QED) is 0.849. The zero-order valence-electron chi connectivity index (χ0n) is 6.31. The average molecular weight is 231 g/mol. The highest BCUT2D eigenvalue weighted by Gasteiger charge is 2.31. The van der Waals surface area contributed by atoms with Gasteiger partial charge in [-0.2, -0.15) is 13.2 Å². The van der Waals surface area contributed by atoms with Crippen LogP contribution in [0.1, 0.15) is 17.5 Å². The van der Waals surface area contributed by atoms with Crippen LogP contribution >= 0.6 is 22.9 Å². The molecule has 1 aromatic rings. The number of hydrogen-bond acceptors (Lipinski definition) is 3. The molecule has 0 radical (unpaired) electrons. The van der Waals surface area contributed by atoms with E-state index in [0.29, 0.717) is 4.34 Å². The summed E-state index contributed by atoms with van der Waals surface area (Å²) in [6, 6.07) is -1.11. The molecule has 0 aliphatic rings. The lowest BCUT2D eigenvalue weighted by molar-refractivity contribution is -0.138. The van der Waals surface area contributed by atoms with Crippen molar-refractivity contribution < 1.29 is 13.2 Å². The van der Waals surface area contributed by atoms with E-state index in [9.17, 15) is 13.2 Å². The van der Waals surface area contributed by atoms with Crippen LogP contribution in [0.3, 0.4) is 0 Å². The molecule has 0 aliphatic heterocycles. The molecule has 74 valence electrons. The summed E-state index contributed by atoms with van der Waals surface area (Å²) in [7, 11) is 0. The lowest BCUT2D eigenvalue weighted by atomic mass is 10.2. The molecule has 0 aliphatic carbocycles. The van der Waals surface area contributed by atoms with Gasteiger partial charge in [-0.25, -0.2) is 4.98 Å². The van der Waals surface area contributed by atoms with E-state index in [0.717, 1.165) is 11.3 Å². The molecule has 0 spiro atoms. The number of hydrogen-bond donors (Lipinski definition) is 1. The second-order valence-corrected chi connectivity index (χ2v) is 4.12. The highest BCUT2D eigenvalue weighted by Crippen LogP contribution is 2.30. The number of nitrogens with two attached hydrogens (primary N) is 1. The van der Waals surface area contributed by atoms with Crippen LogP contribution in [0, 0.1) is 0 Å². The van der Waals surface area contributed by atoms with Crippen LogP contribution in [0.5, 0.6) is 0 Å². The highest BCUT2D eigenvalue weighted by molar-refractivity contribution is 7.15. The number of aromatic nitrogens is 1. The fourth-order valence-electron chi connectivity index (χ4n) is 0.775. The Hall–Kier alpha value is -0.330. The predicted molar refractivity (Wildman–Crippen MR) is 44.7 cm³/mol. The second kappa shape index (κ2) is 3.81. The number of halogens is 4. The van der Waals surface area contributed by atoms with Crippen LogP contribution in [0.2, 0.25) is 4.34 Å². The number of rotatable bonds is 2. The molecule has 7 heteroatoms. The Morgan fingerprint density at radius 3 is 2.62 bits per heavy atom. The summed E-state index contributed by atoms with van der Waals surface area (Å²) in [5, 5.41) is 0.210. The molecule has 0 saturated heterocycles. The van der Waals surface area contributed by atoms with Gasteiger partial charge in [0, 0.05) is 0 Å². The molecular weight excluding hydrogens is 225 g/mol. The smallest absolute Gasteiger partial charge is 0.322 e. The Kier molecular flexibility index (Phi) is 3.15. The summed E-state index contributed by atoms with van der Waals surface area (Å²) in [6.45, 7) is 0. The van der Waals surface area contributed by atoms with E-state index in [1.807, 2.05) is 0 Å². The third kappa shape index (κ3) is 3.50. The predicted octanol–water partition coefficient (Wildman–Crippen LogP) is 2.75. The van der Waals surface area contributed by atoms with Crippen molar-refractivity contribution in [2.75, 3.05) is 0 Å². The number of thiazole rings is 1. The van der Waals surface area contributed by atoms with Crippen LogP contribution in [0.4, 0.5) is 13.2 Å². The van der Waals surface area contributed by atoms with Crippen LogP contribution in [-0.2, 0) is 0 Å². The topological polar surface area (TPSA) is 38.9 Å². The van der Waals surface area contributed by atoms with Gasteiger partial charge in [-0.05, 0) is 0 Å². The minimum atomic E-state index is -4.27. The largest absolute Gasteiger partial charge is 0.391 e. The van der Waals surface area contributed by atoms with Crippen molar-refractivity contribution in [2.24, 2.45) is 5.73 Å². The standard InChI is InChI=1S/C6H6ClF3N2S/c7-4-2-12-5(13-4)3(11)1-6(8,9)10/h2-3H,1,11H2. The minimum Gasteiger partial charge on any atom is -0.322 e. The van der Waals surface area contributed by atoms with Gasteiger partial charge in [-0.1, -0.05) is 11.6 Å². The first kappa shape index (κ1) is 10.7. The van der Waals surface area contributed by atoms with E-state index in [1.165, 1.54) is 6.20 Å². The third-order valence-electron chi connectivity index (χ3n) is 1.26. The maximum absolute atomic E-state index is 11.9. The summed E-state index contributed by atoms with van der Waals surface area (Å²) in [5.74, 6) is 0. The van der Waals surface area contributed by atoms with Gasteiger partial charge in [0.1, 0.15) is 9.34 Å². The normalized spacial score (nSPS) is 14.5. The van der Waals surface area contributed by atoms with Gasteiger partial charge in [0.05, 0.1) is 18.7 Å². The van der Waals surface area contributed by atoms with Crippen LogP contribution in [0.15, 0.2) is 6.20 Å². The van der Waals surface area contributed by atoms with Gasteiger partial charge in [-0.3, -0.25) is 0 Å². The van der Waals surface area contributed by atoms with E-state index in [2.05, 4.69) is 4.98 Å². The van der Waals surface area contributed by atoms with Gasteiger partial charge in [0.25, 0.3) is 0 Å². The molecule has 1 unspecified atom stereocenters. The molecular formula is C6H6ClF3N2S. The lowest BCUT2D eigenvalue weighted by Crippen LogP contribution is -2.19. The molecule has 1 rings (SSSR count). The molecule has 0 fully saturated rings. The average Bonchev–Trinajstić information content (AvgIpc) is 2.31. The van der Waals surface area contributed by atoms with E-state index < -0.39 is 18.6 Å². The molecule has 0 saturated carbocycles. The maximum Gasteiger partial charge on any atom is 0.391 e. The van der Waals surface area contributed by atoms with Crippen molar-refractivity contribution in [1.29, 1.82) is 0 Å². The minimum absolute atomic E-state index is 0.210. The fourth-order valence-corrected chi connectivity index (χ4v) is 1.71. The Labute approximate surface area is 81.5 Å². The second-order valence-electron chi connectivity index (χ2n) is 2.43. The van der Waals surface area contributed by atoms with Gasteiger partial charge < -0.3 is 5.73 Å². The van der Waals surface area contributed by atoms with Crippen molar-refractivity contribution in [3.8, 4) is 0 Å². The van der Waals surface area contributed by atoms with E-state index in [1.54, 1.807) is 0 Å². The summed E-state index contributed by atoms with van der Waals surface area (Å²) in [6.07, 6.45) is -4.05. The van der Waals surface area contributed by atoms with Gasteiger partial charge >= 0.3 is 6.18 Å². The maximum atomic E-state index is 11.9. The van der Waals surface area contributed by atoms with Crippen molar-refractivity contribution in [1.82, 2.24) is 4.98 Å². The monoisotopic (exact) mass is 230 g/mol. The zero-order valence-corrected chi connectivity index (χ0v) is 7.88. The molecule has 2 N–H and O–H groups in total. The van der Waals surface area contributed by atoms with Gasteiger partial charge in [0.2, 0.25) is 0 Å². The van der Waals surface area contributed by atoms with E-state index in [4.69, 9.17) is 17.3 Å². The SMILES string of the molecule is NC(CC(F)(F)F)c1ncc(Cl)s1. The highest BCUT2D eigenvalue weighted by atomic mass is 35.5. The zero-order chi connectivity index (χ0) is 10.1. The first-order chi connectivity index (χ1) is 5.88. The third-order valence-corrected chi connectivity index (χ3v) is 2.51. The molecule has 2 nitrogen and oxygen atoms in total. The Morgan fingerprint density at radius 2 is 2.23 bits per heavy atom.